The summed E-state index contributed by atoms with van der Waals surface area (Å²) in [4.78, 5) is 11.5. The van der Waals surface area contributed by atoms with Crippen LogP contribution in [0.2, 0.25) is 0 Å². The summed E-state index contributed by atoms with van der Waals surface area (Å²) >= 11 is 0. The SMILES string of the molecule is Cc1ccc(OCC(=O)NCCCOCC(C)C)cc1. The van der Waals surface area contributed by atoms with E-state index in [1.54, 1.807) is 0 Å². The standard InChI is InChI=1S/C16H25NO3/c1-13(2)11-19-10-4-9-17-16(18)12-20-15-7-5-14(3)6-8-15/h5-8,13H,4,9-12H2,1-3H3,(H,17,18). The highest BCUT2D eigenvalue weighted by Crippen LogP contribution is 2.10. The minimum atomic E-state index is -0.102. The van der Waals surface area contributed by atoms with Crippen molar-refractivity contribution in [1.82, 2.24) is 5.32 Å². The fraction of sp³-hybridized carbons (Fsp3) is 0.562. The van der Waals surface area contributed by atoms with Crippen LogP contribution in [-0.2, 0) is 9.53 Å². The van der Waals surface area contributed by atoms with E-state index in [0.29, 0.717) is 24.8 Å². The second kappa shape index (κ2) is 9.37. The molecule has 1 aromatic rings. The Morgan fingerprint density at radius 1 is 1.25 bits per heavy atom. The molecule has 0 saturated carbocycles. The Morgan fingerprint density at radius 2 is 1.95 bits per heavy atom. The van der Waals surface area contributed by atoms with Gasteiger partial charge in [0, 0.05) is 19.8 Å². The average molecular weight is 279 g/mol. The number of carbonyl (C=O) groups excluding carboxylic acids is 1. The molecule has 0 aliphatic rings. The Hall–Kier alpha value is -1.55. The van der Waals surface area contributed by atoms with Crippen molar-refractivity contribution in [2.24, 2.45) is 5.92 Å². The van der Waals surface area contributed by atoms with Gasteiger partial charge in [-0.05, 0) is 31.4 Å². The second-order valence-electron chi connectivity index (χ2n) is 5.27. The molecule has 0 saturated heterocycles. The van der Waals surface area contributed by atoms with Crippen LogP contribution in [0.15, 0.2) is 24.3 Å². The number of carbonyl (C=O) groups is 1. The van der Waals surface area contributed by atoms with Gasteiger partial charge in [-0.2, -0.15) is 0 Å². The summed E-state index contributed by atoms with van der Waals surface area (Å²) in [6.45, 7) is 8.36. The summed E-state index contributed by atoms with van der Waals surface area (Å²) < 4.78 is 10.8. The lowest BCUT2D eigenvalue weighted by atomic mass is 10.2. The number of aryl methyl sites for hydroxylation is 1. The first-order chi connectivity index (χ1) is 9.58. The minimum Gasteiger partial charge on any atom is -0.484 e. The third-order valence-electron chi connectivity index (χ3n) is 2.63. The van der Waals surface area contributed by atoms with E-state index in [2.05, 4.69) is 19.2 Å². The first kappa shape index (κ1) is 16.5. The minimum absolute atomic E-state index is 0.0515. The Labute approximate surface area is 121 Å². The molecule has 1 aromatic carbocycles. The highest BCUT2D eigenvalue weighted by molar-refractivity contribution is 5.77. The van der Waals surface area contributed by atoms with Gasteiger partial charge in [0.15, 0.2) is 6.61 Å². The number of rotatable bonds is 9. The van der Waals surface area contributed by atoms with Gasteiger partial charge in [-0.3, -0.25) is 4.79 Å². The summed E-state index contributed by atoms with van der Waals surface area (Å²) in [6.07, 6.45) is 0.822. The highest BCUT2D eigenvalue weighted by Gasteiger charge is 2.02. The predicted octanol–water partition coefficient (Wildman–Crippen LogP) is 2.55. The van der Waals surface area contributed by atoms with Crippen molar-refractivity contribution >= 4 is 5.91 Å². The Morgan fingerprint density at radius 3 is 2.60 bits per heavy atom. The number of ether oxygens (including phenoxy) is 2. The Balaban J connectivity index is 2.04. The zero-order valence-corrected chi connectivity index (χ0v) is 12.6. The molecule has 0 aliphatic heterocycles. The molecule has 1 rings (SSSR count). The van der Waals surface area contributed by atoms with Gasteiger partial charge in [0.25, 0.3) is 5.91 Å². The van der Waals surface area contributed by atoms with Gasteiger partial charge < -0.3 is 14.8 Å². The number of nitrogens with one attached hydrogen (secondary N) is 1. The topological polar surface area (TPSA) is 47.6 Å². The number of hydrogen-bond acceptors (Lipinski definition) is 3. The van der Waals surface area contributed by atoms with Gasteiger partial charge in [-0.25, -0.2) is 0 Å². The zero-order chi connectivity index (χ0) is 14.8. The molecule has 0 radical (unpaired) electrons. The number of amides is 1. The fourth-order valence-corrected chi connectivity index (χ4v) is 1.56. The second-order valence-corrected chi connectivity index (χ2v) is 5.27. The number of hydrogen-bond donors (Lipinski definition) is 1. The predicted molar refractivity (Wildman–Crippen MR) is 80.0 cm³/mol. The lowest BCUT2D eigenvalue weighted by Crippen LogP contribution is -2.30. The van der Waals surface area contributed by atoms with Crippen LogP contribution in [-0.4, -0.2) is 32.3 Å². The maximum atomic E-state index is 11.5. The third kappa shape index (κ3) is 7.79. The van der Waals surface area contributed by atoms with Crippen LogP contribution in [0.1, 0.15) is 25.8 Å². The smallest absolute Gasteiger partial charge is 0.257 e. The number of benzene rings is 1. The highest BCUT2D eigenvalue weighted by atomic mass is 16.5. The van der Waals surface area contributed by atoms with E-state index < -0.39 is 0 Å². The molecule has 20 heavy (non-hydrogen) atoms. The van der Waals surface area contributed by atoms with Gasteiger partial charge in [-0.1, -0.05) is 31.5 Å². The van der Waals surface area contributed by atoms with Gasteiger partial charge in [-0.15, -0.1) is 0 Å². The summed E-state index contributed by atoms with van der Waals surface area (Å²) in [7, 11) is 0. The van der Waals surface area contributed by atoms with E-state index in [1.165, 1.54) is 5.56 Å². The summed E-state index contributed by atoms with van der Waals surface area (Å²) in [5.41, 5.74) is 1.17. The van der Waals surface area contributed by atoms with Crippen molar-refractivity contribution in [3.05, 3.63) is 29.8 Å². The quantitative estimate of drug-likeness (QED) is 0.707. The van der Waals surface area contributed by atoms with Crippen molar-refractivity contribution < 1.29 is 14.3 Å². The summed E-state index contributed by atoms with van der Waals surface area (Å²) in [6, 6.07) is 7.64. The van der Waals surface area contributed by atoms with Crippen LogP contribution >= 0.6 is 0 Å². The zero-order valence-electron chi connectivity index (χ0n) is 12.6. The molecule has 0 unspecified atom stereocenters. The molecular formula is C16H25NO3. The van der Waals surface area contributed by atoms with E-state index in [0.717, 1.165) is 13.0 Å². The van der Waals surface area contributed by atoms with Crippen LogP contribution in [0.4, 0.5) is 0 Å². The van der Waals surface area contributed by atoms with Crippen LogP contribution in [0.5, 0.6) is 5.75 Å². The molecule has 0 bridgehead atoms. The molecule has 1 amide bonds. The van der Waals surface area contributed by atoms with Crippen molar-refractivity contribution in [3.63, 3.8) is 0 Å². The van der Waals surface area contributed by atoms with Crippen molar-refractivity contribution in [3.8, 4) is 5.75 Å². The van der Waals surface area contributed by atoms with E-state index in [-0.39, 0.29) is 12.5 Å². The molecule has 0 fully saturated rings. The molecule has 0 aliphatic carbocycles. The monoisotopic (exact) mass is 279 g/mol. The molecule has 1 N–H and O–H groups in total. The van der Waals surface area contributed by atoms with Gasteiger partial charge in [0.1, 0.15) is 5.75 Å². The third-order valence-corrected chi connectivity index (χ3v) is 2.63. The maximum absolute atomic E-state index is 11.5. The first-order valence-electron chi connectivity index (χ1n) is 7.12. The molecule has 0 atom stereocenters. The molecule has 0 aromatic heterocycles. The van der Waals surface area contributed by atoms with Crippen LogP contribution in [0.3, 0.4) is 0 Å². The Bertz CT molecular complexity index is 387. The van der Waals surface area contributed by atoms with Gasteiger partial charge >= 0.3 is 0 Å². The van der Waals surface area contributed by atoms with Crippen LogP contribution in [0, 0.1) is 12.8 Å². The van der Waals surface area contributed by atoms with E-state index in [4.69, 9.17) is 9.47 Å². The average Bonchev–Trinajstić information content (AvgIpc) is 2.41. The summed E-state index contributed by atoms with van der Waals surface area (Å²) in [5, 5.41) is 2.81. The maximum Gasteiger partial charge on any atom is 0.257 e. The first-order valence-corrected chi connectivity index (χ1v) is 7.12. The van der Waals surface area contributed by atoms with Crippen molar-refractivity contribution in [2.45, 2.75) is 27.2 Å². The van der Waals surface area contributed by atoms with E-state index >= 15 is 0 Å². The largest absolute Gasteiger partial charge is 0.484 e. The van der Waals surface area contributed by atoms with Crippen LogP contribution in [0.25, 0.3) is 0 Å². The lowest BCUT2D eigenvalue weighted by Gasteiger charge is -2.09. The molecule has 112 valence electrons. The molecule has 0 spiro atoms. The Kier molecular flexibility index (Phi) is 7.73. The van der Waals surface area contributed by atoms with Gasteiger partial charge in [0.05, 0.1) is 0 Å². The normalized spacial score (nSPS) is 10.6. The molecule has 4 heteroatoms. The molecule has 0 heterocycles. The fourth-order valence-electron chi connectivity index (χ4n) is 1.56. The van der Waals surface area contributed by atoms with E-state index in [1.807, 2.05) is 31.2 Å². The van der Waals surface area contributed by atoms with Crippen molar-refractivity contribution in [1.29, 1.82) is 0 Å². The van der Waals surface area contributed by atoms with Crippen LogP contribution < -0.4 is 10.1 Å². The van der Waals surface area contributed by atoms with E-state index in [9.17, 15) is 4.79 Å². The van der Waals surface area contributed by atoms with Gasteiger partial charge in [0.2, 0.25) is 0 Å². The van der Waals surface area contributed by atoms with Crippen molar-refractivity contribution in [2.75, 3.05) is 26.4 Å². The summed E-state index contributed by atoms with van der Waals surface area (Å²) in [5.74, 6) is 1.16. The molecule has 4 nitrogen and oxygen atoms in total. The molecular weight excluding hydrogens is 254 g/mol. The lowest BCUT2D eigenvalue weighted by molar-refractivity contribution is -0.123.